The molecule has 0 radical (unpaired) electrons. The normalized spacial score (nSPS) is 18.5. The van der Waals surface area contributed by atoms with Crippen molar-refractivity contribution in [3.8, 4) is 33.4 Å². The monoisotopic (exact) mass is 1000 g/mol. The van der Waals surface area contributed by atoms with Gasteiger partial charge in [0.2, 0.25) is 0 Å². The predicted molar refractivity (Wildman–Crippen MR) is 291 cm³/mol. The summed E-state index contributed by atoms with van der Waals surface area (Å²) in [5.74, 6) is 0.547. The third-order valence-electron chi connectivity index (χ3n) is 15.9. The molecule has 0 spiro atoms. The molecule has 0 N–H and O–H groups in total. The second-order valence-electron chi connectivity index (χ2n) is 22.8. The summed E-state index contributed by atoms with van der Waals surface area (Å²) in [6.45, 7) is 32.8. The molecule has 0 nitrogen and oxygen atoms in total. The van der Waals surface area contributed by atoms with Crippen LogP contribution in [0.4, 0.5) is 0 Å². The van der Waals surface area contributed by atoms with Crippen molar-refractivity contribution in [2.45, 2.75) is 128 Å². The van der Waals surface area contributed by atoms with E-state index >= 15 is 0 Å². The number of aryl methyl sites for hydroxylation is 4. The Balaban J connectivity index is 1.45. The first-order valence-electron chi connectivity index (χ1n) is 24.8. The third-order valence-corrected chi connectivity index (χ3v) is 38.5. The Hall–Kier alpha value is -3.52. The summed E-state index contributed by atoms with van der Waals surface area (Å²) >= 11 is -5.85. The van der Waals surface area contributed by atoms with Crippen molar-refractivity contribution in [1.82, 2.24) is 0 Å². The molecule has 1 aliphatic heterocycles. The van der Waals surface area contributed by atoms with E-state index in [0.717, 1.165) is 12.8 Å². The maximum atomic E-state index is 9.68. The van der Waals surface area contributed by atoms with Crippen LogP contribution in [0.5, 0.6) is 0 Å². The van der Waals surface area contributed by atoms with Crippen LogP contribution in [0.2, 0.25) is 0 Å². The number of halogens is 2. The molecule has 0 amide bonds. The van der Waals surface area contributed by atoms with E-state index in [1.807, 2.05) is 0 Å². The average molecular weight is 1010 g/mol. The number of rotatable bonds is 9. The van der Waals surface area contributed by atoms with Gasteiger partial charge in [-0.15, -0.1) is 0 Å². The first-order valence-corrected chi connectivity index (χ1v) is 36.6. The molecule has 4 atom stereocenters. The van der Waals surface area contributed by atoms with Crippen LogP contribution >= 0.6 is 17.0 Å². The fourth-order valence-electron chi connectivity index (χ4n) is 12.6. The van der Waals surface area contributed by atoms with Crippen molar-refractivity contribution < 1.29 is 16.4 Å². The predicted octanol–water partition coefficient (Wildman–Crippen LogP) is 15.9. The molecule has 6 aromatic rings. The molecule has 341 valence electrons. The Bertz CT molecular complexity index is 2830. The first kappa shape index (κ1) is 47.5. The first-order chi connectivity index (χ1) is 31.1. The van der Waals surface area contributed by atoms with Crippen LogP contribution in [0.1, 0.15) is 145 Å². The minimum atomic E-state index is -5.85. The summed E-state index contributed by atoms with van der Waals surface area (Å²) in [4.78, 5) is 0. The van der Waals surface area contributed by atoms with E-state index in [1.165, 1.54) is 114 Å². The molecular weight excluding hydrogens is 935 g/mol. The Morgan fingerprint density at radius 1 is 0.545 bits per heavy atom. The second kappa shape index (κ2) is 16.9. The van der Waals surface area contributed by atoms with Gasteiger partial charge >= 0.3 is 412 Å². The van der Waals surface area contributed by atoms with Crippen molar-refractivity contribution >= 4 is 52.3 Å². The van der Waals surface area contributed by atoms with Gasteiger partial charge in [-0.1, -0.05) is 0 Å². The van der Waals surface area contributed by atoms with Crippen LogP contribution in [0.15, 0.2) is 114 Å². The topological polar surface area (TPSA) is 0 Å². The molecule has 4 heteroatoms. The zero-order valence-corrected chi connectivity index (χ0v) is 47.5. The van der Waals surface area contributed by atoms with Crippen LogP contribution < -0.4 is 13.6 Å². The quantitative estimate of drug-likeness (QED) is 0.126. The fraction of sp³-hybridized carbons (Fsp3) is 0.355. The summed E-state index contributed by atoms with van der Waals surface area (Å²) in [7, 11) is 18.4. The van der Waals surface area contributed by atoms with E-state index in [0.29, 0.717) is 0 Å². The molecule has 0 saturated carbocycles. The van der Waals surface area contributed by atoms with E-state index < -0.39 is 25.9 Å². The summed E-state index contributed by atoms with van der Waals surface area (Å²) in [5, 5.41) is 2.98. The molecule has 2 aliphatic carbocycles. The number of allylic oxidation sites excluding steroid dienone is 2. The van der Waals surface area contributed by atoms with Crippen molar-refractivity contribution in [2.75, 3.05) is 0 Å². The van der Waals surface area contributed by atoms with E-state index in [9.17, 15) is 17.0 Å². The summed E-state index contributed by atoms with van der Waals surface area (Å²) in [5.41, 5.74) is 23.9. The zero-order valence-electron chi connectivity index (χ0n) is 42.2. The van der Waals surface area contributed by atoms with E-state index in [2.05, 4.69) is 212 Å². The molecule has 0 fully saturated rings. The fourth-order valence-corrected chi connectivity index (χ4v) is 40.6. The summed E-state index contributed by atoms with van der Waals surface area (Å²) < 4.78 is 1.02. The van der Waals surface area contributed by atoms with Gasteiger partial charge in [0.25, 0.3) is 0 Å². The van der Waals surface area contributed by atoms with Gasteiger partial charge in [0, 0.05) is 0 Å². The van der Waals surface area contributed by atoms with Crippen molar-refractivity contribution in [2.24, 2.45) is 11.8 Å². The summed E-state index contributed by atoms with van der Waals surface area (Å²) in [6, 6.07) is 40.3. The van der Waals surface area contributed by atoms with Gasteiger partial charge in [-0.2, -0.15) is 0 Å². The standard InChI is InChI=1S/2C25H31.C12H9Si.2ClH.Zr/c2*1-8-18(4)20-14-19-9-10-23(25(5,6)7)24(22(19)15-20)21-12-16(2)11-17(3)13-21;1-3-7-11-9(5-1)10-6-2-4-8-12(10)13-11;;;/h2*9-15,18H,8H2,1-7H3;1-7H,13H2;2*1H;/q;;;;;+2/p-2. The molecule has 3 aliphatic rings. The number of hydrogen-bond acceptors (Lipinski definition) is 0. The van der Waals surface area contributed by atoms with Gasteiger partial charge in [-0.05, 0) is 0 Å². The van der Waals surface area contributed by atoms with Gasteiger partial charge in [0.1, 0.15) is 0 Å². The van der Waals surface area contributed by atoms with Gasteiger partial charge in [-0.3, -0.25) is 0 Å². The van der Waals surface area contributed by atoms with Crippen LogP contribution in [0, 0.1) is 39.5 Å². The minimum absolute atomic E-state index is 0.0891. The van der Waals surface area contributed by atoms with Crippen LogP contribution in [0.3, 0.4) is 0 Å². The second-order valence-corrected chi connectivity index (χ2v) is 45.3. The molecule has 0 saturated heterocycles. The van der Waals surface area contributed by atoms with E-state index in [1.54, 1.807) is 0 Å². The van der Waals surface area contributed by atoms with Gasteiger partial charge in [0.15, 0.2) is 0 Å². The number of fused-ring (bicyclic) bond motifs is 5. The number of hydrogen-bond donors (Lipinski definition) is 0. The van der Waals surface area contributed by atoms with E-state index in [4.69, 9.17) is 0 Å². The molecule has 0 aromatic heterocycles. The van der Waals surface area contributed by atoms with E-state index in [-0.39, 0.29) is 29.9 Å². The van der Waals surface area contributed by atoms with Gasteiger partial charge in [-0.25, -0.2) is 0 Å². The van der Waals surface area contributed by atoms with Gasteiger partial charge < -0.3 is 0 Å². The van der Waals surface area contributed by atoms with Crippen molar-refractivity contribution in [1.29, 1.82) is 0 Å². The van der Waals surface area contributed by atoms with Gasteiger partial charge in [0.05, 0.1) is 0 Å². The summed E-state index contributed by atoms with van der Waals surface area (Å²) in [6.07, 6.45) is 7.23. The van der Waals surface area contributed by atoms with Crippen LogP contribution in [-0.4, -0.2) is 9.52 Å². The maximum absolute atomic E-state index is 9.68. The van der Waals surface area contributed by atoms with Crippen LogP contribution in [-0.2, 0) is 27.2 Å². The Labute approximate surface area is 408 Å². The van der Waals surface area contributed by atoms with Crippen molar-refractivity contribution in [3.05, 3.63) is 170 Å². The SMILES string of the molecule is CCC(C)C1=Cc2c(ccc(C(C)(C)C)c2-c2cc(C)cc(C)c2)[CH]1[Zr]([Cl])([Cl])([c]1cccc2c1[SiH2]c1ccccc1-2)[CH]1C(C(C)CC)=Cc2c1ccc(C(C)(C)C)c2-c1cc(C)cc(C)c1. The molecule has 6 aromatic carbocycles. The van der Waals surface area contributed by atoms with Crippen LogP contribution in [0.25, 0.3) is 45.5 Å². The van der Waals surface area contributed by atoms with Crippen molar-refractivity contribution in [3.63, 3.8) is 0 Å². The molecule has 1 heterocycles. The molecule has 9 rings (SSSR count). The Kier molecular flexibility index (Phi) is 12.1. The molecule has 4 unspecified atom stereocenters. The number of benzene rings is 6. The third kappa shape index (κ3) is 7.63. The molecule has 0 bridgehead atoms. The molecule has 66 heavy (non-hydrogen) atoms. The zero-order chi connectivity index (χ0) is 47.4. The average Bonchev–Trinajstić information content (AvgIpc) is 3.96. The molecular formula is C62H71Cl2SiZr. The Morgan fingerprint density at radius 3 is 1.39 bits per heavy atom. The Morgan fingerprint density at radius 2 is 0.970 bits per heavy atom.